The first-order valence-electron chi connectivity index (χ1n) is 9.51. The van der Waals surface area contributed by atoms with Gasteiger partial charge in [-0.1, -0.05) is 54.5 Å². The van der Waals surface area contributed by atoms with Crippen LogP contribution in [0.15, 0.2) is 58.9 Å². The molecule has 1 amide bonds. The fourth-order valence-corrected chi connectivity index (χ4v) is 6.42. The topological polar surface area (TPSA) is 71.7 Å². The van der Waals surface area contributed by atoms with Crippen molar-refractivity contribution in [2.45, 2.75) is 25.3 Å². The Morgan fingerprint density at radius 1 is 1.19 bits per heavy atom. The molecule has 0 spiro atoms. The molecule has 31 heavy (non-hydrogen) atoms. The van der Waals surface area contributed by atoms with E-state index >= 15 is 0 Å². The number of hydrogen-bond acceptors (Lipinski definition) is 4. The summed E-state index contributed by atoms with van der Waals surface area (Å²) in [5.41, 5.74) is 1.01. The third kappa shape index (κ3) is 4.78. The predicted molar refractivity (Wildman–Crippen MR) is 126 cm³/mol. The molecule has 2 aromatic carbocycles. The zero-order valence-corrected chi connectivity index (χ0v) is 20.2. The Labute approximate surface area is 195 Å². The van der Waals surface area contributed by atoms with Gasteiger partial charge in [-0.15, -0.1) is 6.58 Å². The van der Waals surface area contributed by atoms with Crippen LogP contribution >= 0.6 is 34.5 Å². The summed E-state index contributed by atoms with van der Waals surface area (Å²) in [5.74, 6) is -0.488. The van der Waals surface area contributed by atoms with Gasteiger partial charge in [0.2, 0.25) is 10.0 Å². The Morgan fingerprint density at radius 3 is 2.42 bits per heavy atom. The molecule has 0 aliphatic carbocycles. The van der Waals surface area contributed by atoms with E-state index in [0.29, 0.717) is 34.5 Å². The van der Waals surface area contributed by atoms with Gasteiger partial charge in [0.25, 0.3) is 5.91 Å². The Morgan fingerprint density at radius 2 is 1.84 bits per heavy atom. The number of rotatable bonds is 7. The smallest absolute Gasteiger partial charge is 0.279 e. The van der Waals surface area contributed by atoms with Gasteiger partial charge in [-0.05, 0) is 36.4 Å². The van der Waals surface area contributed by atoms with Gasteiger partial charge in [-0.25, -0.2) is 8.42 Å². The Hall–Kier alpha value is -1.97. The van der Waals surface area contributed by atoms with E-state index in [4.69, 9.17) is 23.2 Å². The summed E-state index contributed by atoms with van der Waals surface area (Å²) in [6.07, 6.45) is 1.69. The molecule has 164 valence electrons. The molecule has 0 bridgehead atoms. The molecule has 0 aliphatic heterocycles. The Balaban J connectivity index is 2.03. The van der Waals surface area contributed by atoms with Crippen LogP contribution in [0.1, 0.15) is 24.2 Å². The number of allylic oxidation sites excluding steroid dienone is 1. The highest BCUT2D eigenvalue weighted by Gasteiger charge is 2.21. The minimum atomic E-state index is -3.59. The number of fused-ring (bicyclic) bond motifs is 1. The average molecular weight is 498 g/mol. The second kappa shape index (κ2) is 9.67. The summed E-state index contributed by atoms with van der Waals surface area (Å²) < 4.78 is 29.2. The van der Waals surface area contributed by atoms with Crippen LogP contribution in [-0.2, 0) is 16.6 Å². The molecule has 6 nitrogen and oxygen atoms in total. The maximum atomic E-state index is 12.8. The number of thiazole rings is 1. The summed E-state index contributed by atoms with van der Waals surface area (Å²) in [5, 5.41) is 0.952. The summed E-state index contributed by atoms with van der Waals surface area (Å²) in [6, 6.07) is 9.20. The predicted octanol–water partition coefficient (Wildman–Crippen LogP) is 4.97. The van der Waals surface area contributed by atoms with Gasteiger partial charge in [-0.3, -0.25) is 4.79 Å². The number of benzene rings is 2. The van der Waals surface area contributed by atoms with E-state index in [9.17, 15) is 13.2 Å². The van der Waals surface area contributed by atoms with Crippen molar-refractivity contribution in [2.24, 2.45) is 4.99 Å². The number of carbonyl (C=O) groups is 1. The number of carbonyl (C=O) groups excluding carboxylic acids is 1. The normalized spacial score (nSPS) is 12.6. The van der Waals surface area contributed by atoms with E-state index in [1.165, 1.54) is 39.9 Å². The molecule has 0 radical (unpaired) electrons. The Kier molecular flexibility index (Phi) is 7.39. The lowest BCUT2D eigenvalue weighted by molar-refractivity contribution is 0.0997. The van der Waals surface area contributed by atoms with Crippen LogP contribution in [-0.4, -0.2) is 36.3 Å². The van der Waals surface area contributed by atoms with Gasteiger partial charge in [-0.2, -0.15) is 9.30 Å². The highest BCUT2D eigenvalue weighted by atomic mass is 35.5. The standard InChI is InChI=1S/C21H21Cl2N3O3S2/c1-4-11-26-19-17(23)12-15(22)13-18(19)30-21(26)24-20(27)14-7-9-16(10-8-14)31(28,29)25(5-2)6-3/h4,7-10,12-13H,1,5-6,11H2,2-3H3. The molecule has 0 unspecified atom stereocenters. The number of aromatic nitrogens is 1. The van der Waals surface area contributed by atoms with Crippen LogP contribution in [0.3, 0.4) is 0 Å². The van der Waals surface area contributed by atoms with E-state index in [1.807, 2.05) is 0 Å². The summed E-state index contributed by atoms with van der Waals surface area (Å²) >= 11 is 13.7. The molecular weight excluding hydrogens is 477 g/mol. The second-order valence-corrected chi connectivity index (χ2v) is 10.3. The third-order valence-electron chi connectivity index (χ3n) is 4.65. The molecule has 1 heterocycles. The van der Waals surface area contributed by atoms with Crippen molar-refractivity contribution in [3.05, 3.63) is 69.5 Å². The van der Waals surface area contributed by atoms with Crippen molar-refractivity contribution < 1.29 is 13.2 Å². The van der Waals surface area contributed by atoms with Crippen LogP contribution in [0.5, 0.6) is 0 Å². The first kappa shape index (κ1) is 23.7. The van der Waals surface area contributed by atoms with Gasteiger partial charge in [0.15, 0.2) is 4.80 Å². The monoisotopic (exact) mass is 497 g/mol. The maximum absolute atomic E-state index is 12.8. The molecule has 0 atom stereocenters. The van der Waals surface area contributed by atoms with E-state index in [-0.39, 0.29) is 10.5 Å². The van der Waals surface area contributed by atoms with Crippen LogP contribution in [0.2, 0.25) is 10.0 Å². The van der Waals surface area contributed by atoms with Crippen LogP contribution in [0.4, 0.5) is 0 Å². The molecule has 0 aliphatic rings. The summed E-state index contributed by atoms with van der Waals surface area (Å²) in [6.45, 7) is 8.47. The minimum absolute atomic E-state index is 0.137. The van der Waals surface area contributed by atoms with E-state index in [0.717, 1.165) is 10.2 Å². The van der Waals surface area contributed by atoms with Crippen LogP contribution < -0.4 is 4.80 Å². The molecule has 0 N–H and O–H groups in total. The van der Waals surface area contributed by atoms with Gasteiger partial charge >= 0.3 is 0 Å². The lowest BCUT2D eigenvalue weighted by Crippen LogP contribution is -2.30. The van der Waals surface area contributed by atoms with Crippen LogP contribution in [0.25, 0.3) is 10.2 Å². The quantitative estimate of drug-likeness (QED) is 0.432. The van der Waals surface area contributed by atoms with Crippen LogP contribution in [0, 0.1) is 0 Å². The number of hydrogen-bond donors (Lipinski definition) is 0. The van der Waals surface area contributed by atoms with Crippen molar-refractivity contribution in [1.82, 2.24) is 8.87 Å². The van der Waals surface area contributed by atoms with Crippen molar-refractivity contribution in [1.29, 1.82) is 0 Å². The molecule has 10 heteroatoms. The van der Waals surface area contributed by atoms with Gasteiger partial charge in [0.05, 0.1) is 20.1 Å². The first-order chi connectivity index (χ1) is 14.7. The first-order valence-corrected chi connectivity index (χ1v) is 12.5. The lowest BCUT2D eigenvalue weighted by atomic mass is 10.2. The van der Waals surface area contributed by atoms with Gasteiger partial charge in [0.1, 0.15) is 0 Å². The molecule has 0 fully saturated rings. The van der Waals surface area contributed by atoms with E-state index < -0.39 is 15.9 Å². The van der Waals surface area contributed by atoms with Crippen molar-refractivity contribution in [3.8, 4) is 0 Å². The highest BCUT2D eigenvalue weighted by Crippen LogP contribution is 2.29. The molecule has 0 saturated heterocycles. The molecule has 1 aromatic heterocycles. The molecule has 3 rings (SSSR count). The van der Waals surface area contributed by atoms with Crippen molar-refractivity contribution in [2.75, 3.05) is 13.1 Å². The van der Waals surface area contributed by atoms with Gasteiger partial charge < -0.3 is 4.57 Å². The van der Waals surface area contributed by atoms with E-state index in [1.54, 1.807) is 36.6 Å². The molecule has 3 aromatic rings. The summed E-state index contributed by atoms with van der Waals surface area (Å²) in [4.78, 5) is 17.6. The SMILES string of the molecule is C=CCn1c(=NC(=O)c2ccc(S(=O)(=O)N(CC)CC)cc2)sc2cc(Cl)cc(Cl)c21. The summed E-state index contributed by atoms with van der Waals surface area (Å²) in [7, 11) is -3.59. The third-order valence-corrected chi connectivity index (χ3v) is 8.24. The maximum Gasteiger partial charge on any atom is 0.279 e. The zero-order valence-electron chi connectivity index (χ0n) is 17.0. The highest BCUT2D eigenvalue weighted by molar-refractivity contribution is 7.89. The molecular formula is C21H21Cl2N3O3S2. The number of amides is 1. The number of sulfonamides is 1. The number of halogens is 2. The molecule has 0 saturated carbocycles. The zero-order chi connectivity index (χ0) is 22.8. The van der Waals surface area contributed by atoms with E-state index in [2.05, 4.69) is 11.6 Å². The average Bonchev–Trinajstić information content (AvgIpc) is 3.06. The lowest BCUT2D eigenvalue weighted by Gasteiger charge is -2.18. The fourth-order valence-electron chi connectivity index (χ4n) is 3.15. The van der Waals surface area contributed by atoms with Gasteiger partial charge in [0, 0.05) is 30.2 Å². The Bertz CT molecular complexity index is 1310. The second-order valence-electron chi connectivity index (χ2n) is 6.55. The minimum Gasteiger partial charge on any atom is -0.311 e. The van der Waals surface area contributed by atoms with Crippen molar-refractivity contribution >= 4 is 60.7 Å². The van der Waals surface area contributed by atoms with Crippen molar-refractivity contribution in [3.63, 3.8) is 0 Å². The largest absolute Gasteiger partial charge is 0.311 e. The fraction of sp³-hybridized carbons (Fsp3) is 0.238. The number of nitrogens with zero attached hydrogens (tertiary/aromatic N) is 3.